The molecule has 1 atom stereocenters. The number of nitrogens with one attached hydrogen (secondary N) is 2. The van der Waals surface area contributed by atoms with Gasteiger partial charge in [0.05, 0.1) is 12.5 Å². The van der Waals surface area contributed by atoms with Crippen LogP contribution in [0.4, 0.5) is 4.79 Å². The quantitative estimate of drug-likeness (QED) is 0.762. The first-order valence-corrected chi connectivity index (χ1v) is 4.89. The predicted molar refractivity (Wildman–Crippen MR) is 55.5 cm³/mol. The van der Waals surface area contributed by atoms with Crippen molar-refractivity contribution in [1.29, 1.82) is 0 Å². The van der Waals surface area contributed by atoms with E-state index >= 15 is 0 Å². The van der Waals surface area contributed by atoms with E-state index in [-0.39, 0.29) is 18.4 Å². The minimum absolute atomic E-state index is 0.257. The molecule has 2 rings (SSSR count). The monoisotopic (exact) mass is 224 g/mol. The summed E-state index contributed by atoms with van der Waals surface area (Å²) < 4.78 is 0. The second kappa shape index (κ2) is 3.90. The molecular formula is C10H9ClN2O2. The van der Waals surface area contributed by atoms with E-state index in [0.29, 0.717) is 5.02 Å². The molecule has 1 aliphatic heterocycles. The topological polar surface area (TPSA) is 58.2 Å². The molecule has 3 amide bonds. The zero-order chi connectivity index (χ0) is 10.8. The standard InChI is InChI=1S/C10H9ClN2O2/c11-7-3-1-6(2-4-7)8-5-9(14)13-10(15)12-8/h1-4,8H,5H2,(H2,12,13,14,15)/t8-/m0/s1. The third-order valence-electron chi connectivity index (χ3n) is 2.22. The number of benzene rings is 1. The van der Waals surface area contributed by atoms with Crippen LogP contribution in [0.15, 0.2) is 24.3 Å². The number of halogens is 1. The number of amides is 3. The average Bonchev–Trinajstić information content (AvgIpc) is 2.17. The highest BCUT2D eigenvalue weighted by atomic mass is 35.5. The summed E-state index contributed by atoms with van der Waals surface area (Å²) in [5.41, 5.74) is 0.877. The fraction of sp³-hybridized carbons (Fsp3) is 0.200. The fourth-order valence-electron chi connectivity index (χ4n) is 1.50. The number of urea groups is 1. The Bertz CT molecular complexity index is 386. The van der Waals surface area contributed by atoms with Gasteiger partial charge in [-0.05, 0) is 17.7 Å². The lowest BCUT2D eigenvalue weighted by Gasteiger charge is -2.23. The molecule has 0 bridgehead atoms. The van der Waals surface area contributed by atoms with Crippen LogP contribution in [0, 0.1) is 0 Å². The zero-order valence-corrected chi connectivity index (χ0v) is 8.54. The second-order valence-corrected chi connectivity index (χ2v) is 3.77. The van der Waals surface area contributed by atoms with Crippen LogP contribution in [0.1, 0.15) is 18.0 Å². The first-order chi connectivity index (χ1) is 7.15. The van der Waals surface area contributed by atoms with E-state index in [1.807, 2.05) is 0 Å². The Kier molecular flexibility index (Phi) is 2.60. The molecule has 1 aromatic carbocycles. The van der Waals surface area contributed by atoms with Crippen molar-refractivity contribution in [1.82, 2.24) is 10.6 Å². The first kappa shape index (κ1) is 9.98. The maximum absolute atomic E-state index is 11.1. The van der Waals surface area contributed by atoms with Crippen molar-refractivity contribution in [3.05, 3.63) is 34.9 Å². The highest BCUT2D eigenvalue weighted by Gasteiger charge is 2.24. The molecule has 0 saturated carbocycles. The fourth-order valence-corrected chi connectivity index (χ4v) is 1.63. The van der Waals surface area contributed by atoms with E-state index in [9.17, 15) is 9.59 Å². The van der Waals surface area contributed by atoms with Gasteiger partial charge in [-0.2, -0.15) is 0 Å². The van der Waals surface area contributed by atoms with Gasteiger partial charge in [0.2, 0.25) is 5.91 Å². The Hall–Kier alpha value is -1.55. The van der Waals surface area contributed by atoms with Crippen LogP contribution < -0.4 is 10.6 Å². The Morgan fingerprint density at radius 3 is 2.47 bits per heavy atom. The van der Waals surface area contributed by atoms with Crippen molar-refractivity contribution in [3.8, 4) is 0 Å². The summed E-state index contributed by atoms with van der Waals surface area (Å²) >= 11 is 5.74. The third kappa shape index (κ3) is 2.27. The van der Waals surface area contributed by atoms with E-state index in [4.69, 9.17) is 11.6 Å². The number of carbonyl (C=O) groups is 2. The van der Waals surface area contributed by atoms with Crippen LogP contribution in [-0.2, 0) is 4.79 Å². The van der Waals surface area contributed by atoms with E-state index < -0.39 is 6.03 Å². The minimum Gasteiger partial charge on any atom is -0.330 e. The smallest absolute Gasteiger partial charge is 0.321 e. The molecule has 1 saturated heterocycles. The summed E-state index contributed by atoms with van der Waals surface area (Å²) in [7, 11) is 0. The van der Waals surface area contributed by atoms with Gasteiger partial charge in [-0.1, -0.05) is 23.7 Å². The molecule has 0 aliphatic carbocycles. The summed E-state index contributed by atoms with van der Waals surface area (Å²) in [6.07, 6.45) is 0.257. The molecular weight excluding hydrogens is 216 g/mol. The molecule has 0 aromatic heterocycles. The molecule has 1 fully saturated rings. The Balaban J connectivity index is 2.19. The Morgan fingerprint density at radius 1 is 1.20 bits per heavy atom. The van der Waals surface area contributed by atoms with Crippen molar-refractivity contribution in [2.75, 3.05) is 0 Å². The lowest BCUT2D eigenvalue weighted by Crippen LogP contribution is -2.48. The van der Waals surface area contributed by atoms with Gasteiger partial charge in [-0.25, -0.2) is 4.79 Å². The van der Waals surface area contributed by atoms with Crippen molar-refractivity contribution >= 4 is 23.5 Å². The van der Waals surface area contributed by atoms with Crippen LogP contribution in [0.25, 0.3) is 0 Å². The Morgan fingerprint density at radius 2 is 1.87 bits per heavy atom. The zero-order valence-electron chi connectivity index (χ0n) is 7.79. The van der Waals surface area contributed by atoms with E-state index in [1.54, 1.807) is 24.3 Å². The highest BCUT2D eigenvalue weighted by molar-refractivity contribution is 6.30. The van der Waals surface area contributed by atoms with Crippen molar-refractivity contribution in [3.63, 3.8) is 0 Å². The molecule has 4 nitrogen and oxygen atoms in total. The van der Waals surface area contributed by atoms with Crippen molar-refractivity contribution < 1.29 is 9.59 Å². The summed E-state index contributed by atoms with van der Waals surface area (Å²) in [6.45, 7) is 0. The number of hydrogen-bond donors (Lipinski definition) is 2. The summed E-state index contributed by atoms with van der Waals surface area (Å²) in [5.74, 6) is -0.265. The van der Waals surface area contributed by atoms with Crippen LogP contribution in [0.3, 0.4) is 0 Å². The molecule has 1 aromatic rings. The number of imide groups is 1. The van der Waals surface area contributed by atoms with Gasteiger partial charge in [0, 0.05) is 5.02 Å². The van der Waals surface area contributed by atoms with Gasteiger partial charge in [0.15, 0.2) is 0 Å². The molecule has 0 spiro atoms. The van der Waals surface area contributed by atoms with Gasteiger partial charge in [-0.3, -0.25) is 10.1 Å². The van der Waals surface area contributed by atoms with E-state index in [0.717, 1.165) is 5.56 Å². The van der Waals surface area contributed by atoms with Gasteiger partial charge in [-0.15, -0.1) is 0 Å². The molecule has 5 heteroatoms. The molecule has 78 valence electrons. The molecule has 1 heterocycles. The van der Waals surface area contributed by atoms with Gasteiger partial charge in [0.25, 0.3) is 0 Å². The summed E-state index contributed by atoms with van der Waals surface area (Å²) in [4.78, 5) is 22.2. The molecule has 0 radical (unpaired) electrons. The molecule has 1 aliphatic rings. The van der Waals surface area contributed by atoms with Crippen LogP contribution in [0.5, 0.6) is 0 Å². The molecule has 2 N–H and O–H groups in total. The SMILES string of the molecule is O=C1C[C@@H](c2ccc(Cl)cc2)NC(=O)N1. The van der Waals surface area contributed by atoms with Crippen molar-refractivity contribution in [2.24, 2.45) is 0 Å². The van der Waals surface area contributed by atoms with Crippen LogP contribution >= 0.6 is 11.6 Å². The van der Waals surface area contributed by atoms with E-state index in [2.05, 4.69) is 10.6 Å². The van der Waals surface area contributed by atoms with Gasteiger partial charge in [0.1, 0.15) is 0 Å². The minimum atomic E-state index is -0.453. The average molecular weight is 225 g/mol. The van der Waals surface area contributed by atoms with Gasteiger partial charge >= 0.3 is 6.03 Å². The second-order valence-electron chi connectivity index (χ2n) is 3.33. The van der Waals surface area contributed by atoms with Crippen LogP contribution in [0.2, 0.25) is 5.02 Å². The van der Waals surface area contributed by atoms with E-state index in [1.165, 1.54) is 0 Å². The summed E-state index contributed by atoms with van der Waals surface area (Å²) in [5, 5.41) is 5.47. The number of carbonyl (C=O) groups excluding carboxylic acids is 2. The molecule has 15 heavy (non-hydrogen) atoms. The summed E-state index contributed by atoms with van der Waals surface area (Å²) in [6, 6.07) is 6.35. The largest absolute Gasteiger partial charge is 0.330 e. The maximum atomic E-state index is 11.1. The number of rotatable bonds is 1. The van der Waals surface area contributed by atoms with Crippen molar-refractivity contribution in [2.45, 2.75) is 12.5 Å². The maximum Gasteiger partial charge on any atom is 0.321 e. The third-order valence-corrected chi connectivity index (χ3v) is 2.47. The Labute approximate surface area is 91.6 Å². The number of hydrogen-bond acceptors (Lipinski definition) is 2. The normalized spacial score (nSPS) is 20.7. The molecule has 0 unspecified atom stereocenters. The van der Waals surface area contributed by atoms with Crippen LogP contribution in [-0.4, -0.2) is 11.9 Å². The lowest BCUT2D eigenvalue weighted by atomic mass is 10.0. The first-order valence-electron chi connectivity index (χ1n) is 4.51. The lowest BCUT2D eigenvalue weighted by molar-refractivity contribution is -0.121. The van der Waals surface area contributed by atoms with Gasteiger partial charge < -0.3 is 5.32 Å². The predicted octanol–water partition coefficient (Wildman–Crippen LogP) is 1.61. The highest BCUT2D eigenvalue weighted by Crippen LogP contribution is 2.20.